The molecule has 1 aromatic rings. The SMILES string of the molecule is Cc1cc(C2(O)CC3CCCC(C2)S3(=O)=O)cc(C)c1F. The molecular formula is C16H21FO3S. The number of benzene rings is 1. The van der Waals surface area contributed by atoms with Gasteiger partial charge in [0.15, 0.2) is 9.84 Å². The lowest BCUT2D eigenvalue weighted by atomic mass is 9.79. The zero-order valence-corrected chi connectivity index (χ0v) is 13.2. The van der Waals surface area contributed by atoms with Crippen LogP contribution in [0.2, 0.25) is 0 Å². The summed E-state index contributed by atoms with van der Waals surface area (Å²) in [5, 5.41) is 10.1. The first-order valence-corrected chi connectivity index (χ1v) is 9.07. The third-order valence-corrected chi connectivity index (χ3v) is 7.75. The van der Waals surface area contributed by atoms with Crippen LogP contribution in [0.4, 0.5) is 4.39 Å². The van der Waals surface area contributed by atoms with Crippen LogP contribution in [-0.2, 0) is 15.4 Å². The molecule has 2 fully saturated rings. The van der Waals surface area contributed by atoms with E-state index >= 15 is 0 Å². The normalized spacial score (nSPS) is 34.7. The lowest BCUT2D eigenvalue weighted by Gasteiger charge is -2.44. The predicted molar refractivity (Wildman–Crippen MR) is 79.4 cm³/mol. The van der Waals surface area contributed by atoms with Gasteiger partial charge in [0.2, 0.25) is 0 Å². The maximum Gasteiger partial charge on any atom is 0.156 e. The van der Waals surface area contributed by atoms with Gasteiger partial charge in [-0.3, -0.25) is 0 Å². The number of sulfone groups is 1. The summed E-state index contributed by atoms with van der Waals surface area (Å²) in [4.78, 5) is 0. The Morgan fingerprint density at radius 2 is 1.62 bits per heavy atom. The van der Waals surface area contributed by atoms with E-state index in [1.54, 1.807) is 26.0 Å². The second-order valence-corrected chi connectivity index (χ2v) is 9.14. The number of hydrogen-bond acceptors (Lipinski definition) is 3. The molecular weight excluding hydrogens is 291 g/mol. The Morgan fingerprint density at radius 3 is 2.10 bits per heavy atom. The molecule has 1 N–H and O–H groups in total. The van der Waals surface area contributed by atoms with Crippen LogP contribution >= 0.6 is 0 Å². The van der Waals surface area contributed by atoms with Crippen molar-refractivity contribution >= 4 is 9.84 Å². The second-order valence-electron chi connectivity index (χ2n) is 6.63. The van der Waals surface area contributed by atoms with Crippen molar-refractivity contribution in [3.05, 3.63) is 34.6 Å². The minimum atomic E-state index is -3.11. The predicted octanol–water partition coefficient (Wildman–Crippen LogP) is 2.76. The van der Waals surface area contributed by atoms with E-state index in [0.717, 1.165) is 6.42 Å². The monoisotopic (exact) mass is 312 g/mol. The summed E-state index contributed by atoms with van der Waals surface area (Å²) in [5.41, 5.74) is 0.504. The summed E-state index contributed by atoms with van der Waals surface area (Å²) >= 11 is 0. The minimum absolute atomic E-state index is 0.232. The molecule has 0 radical (unpaired) electrons. The van der Waals surface area contributed by atoms with Gasteiger partial charge in [-0.25, -0.2) is 12.8 Å². The van der Waals surface area contributed by atoms with Crippen molar-refractivity contribution < 1.29 is 17.9 Å². The smallest absolute Gasteiger partial charge is 0.156 e. The van der Waals surface area contributed by atoms with Crippen molar-refractivity contribution in [1.82, 2.24) is 0 Å². The van der Waals surface area contributed by atoms with Crippen molar-refractivity contribution in [3.8, 4) is 0 Å². The van der Waals surface area contributed by atoms with E-state index < -0.39 is 25.9 Å². The quantitative estimate of drug-likeness (QED) is 0.867. The number of fused-ring (bicyclic) bond motifs is 2. The average molecular weight is 312 g/mol. The van der Waals surface area contributed by atoms with Crippen LogP contribution < -0.4 is 0 Å². The molecule has 3 nitrogen and oxygen atoms in total. The highest BCUT2D eigenvalue weighted by Crippen LogP contribution is 2.46. The zero-order chi connectivity index (χ0) is 15.4. The Bertz CT molecular complexity index is 638. The van der Waals surface area contributed by atoms with Crippen LogP contribution in [0.15, 0.2) is 12.1 Å². The first-order valence-electron chi connectivity index (χ1n) is 7.46. The van der Waals surface area contributed by atoms with Crippen molar-refractivity contribution in [2.75, 3.05) is 0 Å². The van der Waals surface area contributed by atoms with Gasteiger partial charge in [0, 0.05) is 0 Å². The van der Waals surface area contributed by atoms with E-state index in [1.807, 2.05) is 0 Å². The Hall–Kier alpha value is -0.940. The molecule has 0 aromatic heterocycles. The summed E-state index contributed by atoms with van der Waals surface area (Å²) in [6.07, 6.45) is 2.62. The zero-order valence-electron chi connectivity index (χ0n) is 12.4. The van der Waals surface area contributed by atoms with Crippen molar-refractivity contribution in [2.24, 2.45) is 0 Å². The molecule has 2 heterocycles. The van der Waals surface area contributed by atoms with Gasteiger partial charge in [-0.15, -0.1) is 0 Å². The molecule has 0 spiro atoms. The van der Waals surface area contributed by atoms with E-state index in [0.29, 0.717) is 29.5 Å². The Labute approximate surface area is 125 Å². The van der Waals surface area contributed by atoms with Crippen LogP contribution in [-0.4, -0.2) is 24.0 Å². The molecule has 2 saturated heterocycles. The first kappa shape index (κ1) is 15.0. The van der Waals surface area contributed by atoms with Gasteiger partial charge in [0.1, 0.15) is 5.82 Å². The van der Waals surface area contributed by atoms with Gasteiger partial charge in [-0.2, -0.15) is 0 Å². The average Bonchev–Trinajstić information content (AvgIpc) is 2.37. The van der Waals surface area contributed by atoms with E-state index in [2.05, 4.69) is 0 Å². The Kier molecular flexibility index (Phi) is 3.41. The largest absolute Gasteiger partial charge is 0.385 e. The molecule has 0 saturated carbocycles. The summed E-state index contributed by atoms with van der Waals surface area (Å²) in [6, 6.07) is 3.33. The van der Waals surface area contributed by atoms with Crippen molar-refractivity contribution in [1.29, 1.82) is 0 Å². The highest BCUT2D eigenvalue weighted by atomic mass is 32.2. The van der Waals surface area contributed by atoms with Crippen molar-refractivity contribution in [2.45, 2.75) is 62.1 Å². The summed E-state index contributed by atoms with van der Waals surface area (Å²) in [6.45, 7) is 3.35. The van der Waals surface area contributed by atoms with Crippen LogP contribution in [0, 0.1) is 19.7 Å². The molecule has 3 rings (SSSR count). The number of rotatable bonds is 1. The molecule has 5 heteroatoms. The molecule has 0 amide bonds. The number of hydrogen-bond donors (Lipinski definition) is 1. The molecule has 2 bridgehead atoms. The number of aryl methyl sites for hydroxylation is 2. The fourth-order valence-corrected chi connectivity index (χ4v) is 6.45. The summed E-state index contributed by atoms with van der Waals surface area (Å²) < 4.78 is 38.4. The van der Waals surface area contributed by atoms with Gasteiger partial charge in [-0.1, -0.05) is 18.6 Å². The van der Waals surface area contributed by atoms with E-state index in [-0.39, 0.29) is 18.7 Å². The van der Waals surface area contributed by atoms with Crippen LogP contribution in [0.1, 0.15) is 48.8 Å². The van der Waals surface area contributed by atoms with Gasteiger partial charge >= 0.3 is 0 Å². The maximum atomic E-state index is 13.8. The van der Waals surface area contributed by atoms with Crippen LogP contribution in [0.25, 0.3) is 0 Å². The molecule has 2 aliphatic heterocycles. The number of halogens is 1. The van der Waals surface area contributed by atoms with E-state index in [4.69, 9.17) is 0 Å². The Balaban J connectivity index is 2.03. The molecule has 116 valence electrons. The van der Waals surface area contributed by atoms with Crippen LogP contribution in [0.5, 0.6) is 0 Å². The summed E-state index contributed by atoms with van der Waals surface area (Å²) in [5.74, 6) is -0.258. The first-order chi connectivity index (χ1) is 9.74. The second kappa shape index (κ2) is 4.78. The maximum absolute atomic E-state index is 13.8. The van der Waals surface area contributed by atoms with Gasteiger partial charge in [0.25, 0.3) is 0 Å². The Morgan fingerprint density at radius 1 is 1.14 bits per heavy atom. The van der Waals surface area contributed by atoms with E-state index in [1.165, 1.54) is 0 Å². The molecule has 21 heavy (non-hydrogen) atoms. The van der Waals surface area contributed by atoms with Crippen LogP contribution in [0.3, 0.4) is 0 Å². The lowest BCUT2D eigenvalue weighted by molar-refractivity contribution is 0.00485. The highest BCUT2D eigenvalue weighted by Gasteiger charge is 2.51. The number of aliphatic hydroxyl groups is 1. The molecule has 2 atom stereocenters. The molecule has 0 aliphatic carbocycles. The van der Waals surface area contributed by atoms with E-state index in [9.17, 15) is 17.9 Å². The lowest BCUT2D eigenvalue weighted by Crippen LogP contribution is -2.50. The fourth-order valence-electron chi connectivity index (χ4n) is 3.90. The standard InChI is InChI=1S/C16H21FO3S/c1-10-6-12(7-11(2)15(10)17)16(18)8-13-4-3-5-14(9-16)21(13,19)20/h6-7,13-14,18H,3-5,8-9H2,1-2H3. The minimum Gasteiger partial charge on any atom is -0.385 e. The third-order valence-electron chi connectivity index (χ3n) is 5.09. The molecule has 2 unspecified atom stereocenters. The van der Waals surface area contributed by atoms with Gasteiger partial charge in [0.05, 0.1) is 16.1 Å². The molecule has 1 aromatic carbocycles. The van der Waals surface area contributed by atoms with Gasteiger partial charge in [-0.05, 0) is 56.2 Å². The van der Waals surface area contributed by atoms with Gasteiger partial charge < -0.3 is 5.11 Å². The molecule has 2 aliphatic rings. The highest BCUT2D eigenvalue weighted by molar-refractivity contribution is 7.92. The summed E-state index contributed by atoms with van der Waals surface area (Å²) in [7, 11) is -3.11. The third kappa shape index (κ3) is 2.30. The fraction of sp³-hybridized carbons (Fsp3) is 0.625. The van der Waals surface area contributed by atoms with Crippen molar-refractivity contribution in [3.63, 3.8) is 0 Å². The topological polar surface area (TPSA) is 54.4 Å².